The molecule has 0 aliphatic rings. The van der Waals surface area contributed by atoms with E-state index >= 15 is 0 Å². The summed E-state index contributed by atoms with van der Waals surface area (Å²) in [6.45, 7) is 9.83. The van der Waals surface area contributed by atoms with Crippen LogP contribution in [0.2, 0.25) is 0 Å². The largest absolute Gasteiger partial charge is 0.598 e. The fraction of sp³-hybridized carbons (Fsp3) is 0.583. The molecule has 0 radical (unpaired) electrons. The second kappa shape index (κ2) is 5.69. The standard InChI is InChI=1S/C12H19BrN2OS/c1-8-6-11(14-7-10(8)13)9(2)15-17(16)12(3,4)5/h6-7,9,15H,1-5H3. The van der Waals surface area contributed by atoms with Gasteiger partial charge in [-0.05, 0) is 62.2 Å². The molecule has 1 heterocycles. The summed E-state index contributed by atoms with van der Waals surface area (Å²) in [5.41, 5.74) is 2.04. The van der Waals surface area contributed by atoms with Gasteiger partial charge in [-0.1, -0.05) is 0 Å². The quantitative estimate of drug-likeness (QED) is 0.870. The van der Waals surface area contributed by atoms with Crippen LogP contribution in [0.25, 0.3) is 0 Å². The van der Waals surface area contributed by atoms with Crippen LogP contribution in [-0.2, 0) is 11.4 Å². The first-order chi connectivity index (χ1) is 7.71. The highest BCUT2D eigenvalue weighted by Crippen LogP contribution is 2.21. The SMILES string of the molecule is Cc1cc(C(C)N[S+]([O-])C(C)(C)C)ncc1Br. The van der Waals surface area contributed by atoms with Crippen LogP contribution in [0.1, 0.15) is 45.0 Å². The molecule has 3 nitrogen and oxygen atoms in total. The van der Waals surface area contributed by atoms with Crippen molar-refractivity contribution in [3.8, 4) is 0 Å². The van der Waals surface area contributed by atoms with Crippen molar-refractivity contribution in [2.24, 2.45) is 0 Å². The number of pyridine rings is 1. The van der Waals surface area contributed by atoms with Gasteiger partial charge in [0.15, 0.2) is 0 Å². The Bertz CT molecular complexity index is 393. The Labute approximate surface area is 115 Å². The molecule has 1 aromatic heterocycles. The van der Waals surface area contributed by atoms with Crippen LogP contribution in [0.5, 0.6) is 0 Å². The number of aromatic nitrogens is 1. The van der Waals surface area contributed by atoms with Crippen LogP contribution < -0.4 is 4.72 Å². The van der Waals surface area contributed by atoms with E-state index in [2.05, 4.69) is 25.6 Å². The van der Waals surface area contributed by atoms with Crippen LogP contribution in [0.15, 0.2) is 16.7 Å². The van der Waals surface area contributed by atoms with Crippen LogP contribution in [-0.4, -0.2) is 14.3 Å². The molecule has 96 valence electrons. The van der Waals surface area contributed by atoms with Crippen molar-refractivity contribution in [3.05, 3.63) is 28.0 Å². The van der Waals surface area contributed by atoms with Gasteiger partial charge >= 0.3 is 0 Å². The Morgan fingerprint density at radius 2 is 2.06 bits per heavy atom. The third-order valence-corrected chi connectivity index (χ3v) is 4.86. The lowest BCUT2D eigenvalue weighted by molar-refractivity contribution is 0.529. The highest BCUT2D eigenvalue weighted by Gasteiger charge is 2.28. The molecule has 0 aromatic carbocycles. The van der Waals surface area contributed by atoms with E-state index in [0.29, 0.717) is 0 Å². The number of nitrogens with one attached hydrogen (secondary N) is 1. The number of hydrogen-bond donors (Lipinski definition) is 1. The minimum absolute atomic E-state index is 0.0261. The lowest BCUT2D eigenvalue weighted by Crippen LogP contribution is -2.40. The van der Waals surface area contributed by atoms with Crippen LogP contribution >= 0.6 is 15.9 Å². The fourth-order valence-electron chi connectivity index (χ4n) is 1.20. The van der Waals surface area contributed by atoms with Gasteiger partial charge in [-0.15, -0.1) is 4.72 Å². The van der Waals surface area contributed by atoms with E-state index in [9.17, 15) is 4.55 Å². The molecule has 5 heteroatoms. The van der Waals surface area contributed by atoms with Gasteiger partial charge in [0, 0.05) is 22.0 Å². The maximum Gasteiger partial charge on any atom is 0.136 e. The lowest BCUT2D eigenvalue weighted by atomic mass is 10.2. The highest BCUT2D eigenvalue weighted by atomic mass is 79.9. The lowest BCUT2D eigenvalue weighted by Gasteiger charge is -2.26. The van der Waals surface area contributed by atoms with E-state index in [1.807, 2.05) is 40.7 Å². The van der Waals surface area contributed by atoms with E-state index in [4.69, 9.17) is 0 Å². The zero-order valence-corrected chi connectivity index (χ0v) is 13.3. The average Bonchev–Trinajstić information content (AvgIpc) is 2.20. The Morgan fingerprint density at radius 1 is 1.47 bits per heavy atom. The molecule has 0 bridgehead atoms. The second-order valence-corrected chi connectivity index (χ2v) is 7.93. The zero-order valence-electron chi connectivity index (χ0n) is 10.9. The molecule has 0 aliphatic carbocycles. The van der Waals surface area contributed by atoms with Crippen molar-refractivity contribution >= 4 is 27.3 Å². The Hall–Kier alpha value is -0.100. The molecule has 0 aliphatic heterocycles. The molecule has 0 amide bonds. The van der Waals surface area contributed by atoms with Gasteiger partial charge in [0.1, 0.15) is 4.75 Å². The fourth-order valence-corrected chi connectivity index (χ4v) is 2.21. The molecule has 17 heavy (non-hydrogen) atoms. The number of nitrogens with zero attached hydrogens (tertiary/aromatic N) is 1. The number of aryl methyl sites for hydroxylation is 1. The maximum atomic E-state index is 12.0. The predicted octanol–water partition coefficient (Wildman–Crippen LogP) is 3.27. The number of halogens is 1. The topological polar surface area (TPSA) is 48.0 Å². The first kappa shape index (κ1) is 15.0. The summed E-state index contributed by atoms with van der Waals surface area (Å²) in [7, 11) is 0. The van der Waals surface area contributed by atoms with E-state index in [0.717, 1.165) is 15.7 Å². The Morgan fingerprint density at radius 3 is 2.53 bits per heavy atom. The van der Waals surface area contributed by atoms with Gasteiger partial charge < -0.3 is 4.55 Å². The molecule has 2 unspecified atom stereocenters. The van der Waals surface area contributed by atoms with Crippen molar-refractivity contribution in [1.29, 1.82) is 0 Å². The molecular formula is C12H19BrN2OS. The van der Waals surface area contributed by atoms with E-state index in [1.165, 1.54) is 0 Å². The monoisotopic (exact) mass is 318 g/mol. The summed E-state index contributed by atoms with van der Waals surface area (Å²) in [6.07, 6.45) is 1.78. The van der Waals surface area contributed by atoms with Gasteiger partial charge in [0.05, 0.1) is 11.7 Å². The number of hydrogen-bond acceptors (Lipinski definition) is 3. The zero-order chi connectivity index (χ0) is 13.2. The summed E-state index contributed by atoms with van der Waals surface area (Å²) < 4.78 is 15.8. The van der Waals surface area contributed by atoms with Crippen LogP contribution in [0, 0.1) is 6.92 Å². The molecule has 2 atom stereocenters. The Kier molecular flexibility index (Phi) is 5.01. The molecular weight excluding hydrogens is 300 g/mol. The Balaban J connectivity index is 2.76. The van der Waals surface area contributed by atoms with Crippen molar-refractivity contribution < 1.29 is 4.55 Å². The summed E-state index contributed by atoms with van der Waals surface area (Å²) >= 11 is 2.34. The van der Waals surface area contributed by atoms with Gasteiger partial charge in [-0.3, -0.25) is 4.98 Å². The van der Waals surface area contributed by atoms with Gasteiger partial charge in [0.2, 0.25) is 0 Å². The molecule has 0 spiro atoms. The third-order valence-electron chi connectivity index (χ3n) is 2.35. The molecule has 0 saturated carbocycles. The number of rotatable bonds is 3. The minimum Gasteiger partial charge on any atom is -0.598 e. The van der Waals surface area contributed by atoms with Crippen LogP contribution in [0.3, 0.4) is 0 Å². The van der Waals surface area contributed by atoms with E-state index < -0.39 is 11.4 Å². The smallest absolute Gasteiger partial charge is 0.136 e. The highest BCUT2D eigenvalue weighted by molar-refractivity contribution is 9.10. The molecule has 0 saturated heterocycles. The van der Waals surface area contributed by atoms with Crippen molar-refractivity contribution in [2.75, 3.05) is 0 Å². The third kappa shape index (κ3) is 4.25. The van der Waals surface area contributed by atoms with Crippen molar-refractivity contribution in [2.45, 2.75) is 45.4 Å². The summed E-state index contributed by atoms with van der Waals surface area (Å²) in [6, 6.07) is 1.98. The molecule has 1 rings (SSSR count). The first-order valence-electron chi connectivity index (χ1n) is 5.52. The van der Waals surface area contributed by atoms with Gasteiger partial charge in [-0.2, -0.15) is 0 Å². The minimum atomic E-state index is -1.08. The van der Waals surface area contributed by atoms with Gasteiger partial charge in [-0.25, -0.2) is 0 Å². The average molecular weight is 319 g/mol. The van der Waals surface area contributed by atoms with E-state index in [-0.39, 0.29) is 10.8 Å². The first-order valence-corrected chi connectivity index (χ1v) is 7.46. The summed E-state index contributed by atoms with van der Waals surface area (Å²) in [5.74, 6) is 0. The van der Waals surface area contributed by atoms with Crippen molar-refractivity contribution in [1.82, 2.24) is 9.71 Å². The normalized spacial score (nSPS) is 15.7. The molecule has 1 N–H and O–H groups in total. The second-order valence-electron chi connectivity index (χ2n) is 5.08. The van der Waals surface area contributed by atoms with Crippen molar-refractivity contribution in [3.63, 3.8) is 0 Å². The van der Waals surface area contributed by atoms with Crippen LogP contribution in [0.4, 0.5) is 0 Å². The molecule has 0 fully saturated rings. The van der Waals surface area contributed by atoms with E-state index in [1.54, 1.807) is 6.20 Å². The summed E-state index contributed by atoms with van der Waals surface area (Å²) in [4.78, 5) is 4.33. The molecule has 1 aromatic rings. The summed E-state index contributed by atoms with van der Waals surface area (Å²) in [5, 5.41) is 0. The maximum absolute atomic E-state index is 12.0. The predicted molar refractivity (Wildman–Crippen MR) is 76.1 cm³/mol. The van der Waals surface area contributed by atoms with Gasteiger partial charge in [0.25, 0.3) is 0 Å².